The lowest BCUT2D eigenvalue weighted by Gasteiger charge is -2.19. The molecular formula is C5H6F6O. The van der Waals surface area contributed by atoms with E-state index in [1.165, 1.54) is 0 Å². The van der Waals surface area contributed by atoms with Gasteiger partial charge < -0.3 is 4.74 Å². The van der Waals surface area contributed by atoms with E-state index in [1.807, 2.05) is 0 Å². The Balaban J connectivity index is 4.13. The molecule has 0 heterocycles. The number of methoxy groups -OCH3 is 1. The highest BCUT2D eigenvalue weighted by molar-refractivity contribution is 4.70. The zero-order valence-electron chi connectivity index (χ0n) is 5.96. The van der Waals surface area contributed by atoms with E-state index in [1.54, 1.807) is 0 Å². The van der Waals surface area contributed by atoms with E-state index in [0.29, 0.717) is 7.11 Å². The molecule has 1 nitrogen and oxygen atoms in total. The number of rotatable bonds is 3. The fourth-order valence-corrected chi connectivity index (χ4v) is 0.450. The Morgan fingerprint density at radius 1 is 1.17 bits per heavy atom. The number of hydrogen-bond donors (Lipinski definition) is 0. The maximum atomic E-state index is 12.1. The molecule has 7 heteroatoms. The molecule has 0 fully saturated rings. The summed E-state index contributed by atoms with van der Waals surface area (Å²) in [6.07, 6.45) is -14.9. The molecular weight excluding hydrogens is 190 g/mol. The van der Waals surface area contributed by atoms with E-state index in [0.717, 1.165) is 0 Å². The Kier molecular flexibility index (Phi) is 3.37. The van der Waals surface area contributed by atoms with Crippen LogP contribution in [0.3, 0.4) is 0 Å². The van der Waals surface area contributed by atoms with Gasteiger partial charge in [0.1, 0.15) is 0 Å². The van der Waals surface area contributed by atoms with Crippen molar-refractivity contribution in [2.75, 3.05) is 7.11 Å². The average molecular weight is 196 g/mol. The summed E-state index contributed by atoms with van der Waals surface area (Å²) in [5.74, 6) is 0. The topological polar surface area (TPSA) is 9.23 Å². The normalized spacial score (nSPS) is 16.2. The second-order valence-corrected chi connectivity index (χ2v) is 2.05. The molecule has 0 aliphatic heterocycles. The summed E-state index contributed by atoms with van der Waals surface area (Å²) in [4.78, 5) is 0. The van der Waals surface area contributed by atoms with Gasteiger partial charge in [0.05, 0.1) is 6.42 Å². The molecule has 0 amide bonds. The molecule has 0 aliphatic carbocycles. The first-order valence-electron chi connectivity index (χ1n) is 2.83. The molecule has 0 saturated heterocycles. The van der Waals surface area contributed by atoms with Crippen LogP contribution in [0.5, 0.6) is 0 Å². The highest BCUT2D eigenvalue weighted by atomic mass is 19.4. The fraction of sp³-hybridized carbons (Fsp3) is 1.00. The Morgan fingerprint density at radius 2 is 1.58 bits per heavy atom. The average Bonchev–Trinajstić information content (AvgIpc) is 1.84. The third-order valence-electron chi connectivity index (χ3n) is 1.05. The lowest BCUT2D eigenvalue weighted by atomic mass is 10.2. The van der Waals surface area contributed by atoms with Gasteiger partial charge in [-0.15, -0.1) is 0 Å². The first-order valence-corrected chi connectivity index (χ1v) is 2.83. The summed E-state index contributed by atoms with van der Waals surface area (Å²) >= 11 is 0. The van der Waals surface area contributed by atoms with Gasteiger partial charge in [-0.2, -0.15) is 22.0 Å². The van der Waals surface area contributed by atoms with Gasteiger partial charge in [0, 0.05) is 7.11 Å². The Hall–Kier alpha value is -0.460. The lowest BCUT2D eigenvalue weighted by Crippen LogP contribution is -2.35. The predicted molar refractivity (Wildman–Crippen MR) is 27.5 cm³/mol. The maximum Gasteiger partial charge on any atom is 0.392 e. The number of halogens is 6. The predicted octanol–water partition coefficient (Wildman–Crippen LogP) is 2.52. The first kappa shape index (κ1) is 11.5. The van der Waals surface area contributed by atoms with Crippen LogP contribution in [0.25, 0.3) is 0 Å². The first-order chi connectivity index (χ1) is 5.19. The van der Waals surface area contributed by atoms with Crippen molar-refractivity contribution >= 4 is 0 Å². The molecule has 0 bridgehead atoms. The number of alkyl halides is 6. The largest absolute Gasteiger partial charge is 0.392 e. The summed E-state index contributed by atoms with van der Waals surface area (Å²) in [5, 5.41) is 0. The van der Waals surface area contributed by atoms with Crippen LogP contribution in [-0.4, -0.2) is 25.6 Å². The number of ether oxygens (including phenoxy) is 1. The molecule has 1 unspecified atom stereocenters. The zero-order chi connectivity index (χ0) is 9.99. The Bertz CT molecular complexity index is 141. The summed E-state index contributed by atoms with van der Waals surface area (Å²) < 4.78 is 73.3. The highest BCUT2D eigenvalue weighted by Gasteiger charge is 2.47. The molecule has 0 spiro atoms. The number of hydrogen-bond acceptors (Lipinski definition) is 1. The smallest absolute Gasteiger partial charge is 0.322 e. The highest BCUT2D eigenvalue weighted by Crippen LogP contribution is 2.31. The monoisotopic (exact) mass is 196 g/mol. The van der Waals surface area contributed by atoms with Gasteiger partial charge in [0.25, 0.3) is 0 Å². The van der Waals surface area contributed by atoms with Gasteiger partial charge in [-0.25, -0.2) is 4.39 Å². The summed E-state index contributed by atoms with van der Waals surface area (Å²) in [5.41, 5.74) is 0. The van der Waals surface area contributed by atoms with Crippen molar-refractivity contribution in [3.63, 3.8) is 0 Å². The fourth-order valence-electron chi connectivity index (χ4n) is 0.450. The summed E-state index contributed by atoms with van der Waals surface area (Å²) in [7, 11) is 0.433. The zero-order valence-corrected chi connectivity index (χ0v) is 5.96. The molecule has 0 aromatic carbocycles. The minimum atomic E-state index is -4.96. The van der Waals surface area contributed by atoms with E-state index in [2.05, 4.69) is 4.74 Å². The van der Waals surface area contributed by atoms with Crippen molar-refractivity contribution in [3.05, 3.63) is 0 Å². The van der Waals surface area contributed by atoms with Crippen molar-refractivity contribution in [2.45, 2.75) is 24.9 Å². The summed E-state index contributed by atoms with van der Waals surface area (Å²) in [6, 6.07) is 0. The minimum absolute atomic E-state index is 0.433. The van der Waals surface area contributed by atoms with E-state index in [4.69, 9.17) is 0 Å². The van der Waals surface area contributed by atoms with Crippen LogP contribution in [0.4, 0.5) is 26.3 Å². The Labute approximate surface area is 64.3 Å². The van der Waals surface area contributed by atoms with Gasteiger partial charge >= 0.3 is 12.3 Å². The molecule has 0 N–H and O–H groups in total. The molecule has 0 saturated carbocycles. The van der Waals surface area contributed by atoms with Gasteiger partial charge in [0.2, 0.25) is 0 Å². The van der Waals surface area contributed by atoms with Crippen LogP contribution >= 0.6 is 0 Å². The quantitative estimate of drug-likeness (QED) is 0.630. The molecule has 0 radical (unpaired) electrons. The summed E-state index contributed by atoms with van der Waals surface area (Å²) in [6.45, 7) is 0. The van der Waals surface area contributed by atoms with Crippen LogP contribution in [0.2, 0.25) is 0 Å². The van der Waals surface area contributed by atoms with Crippen LogP contribution in [0.15, 0.2) is 0 Å². The maximum absolute atomic E-state index is 12.1. The van der Waals surface area contributed by atoms with E-state index in [9.17, 15) is 26.3 Å². The molecule has 0 aromatic heterocycles. The molecule has 0 aromatic rings. The van der Waals surface area contributed by atoms with Gasteiger partial charge in [-0.3, -0.25) is 0 Å². The second-order valence-electron chi connectivity index (χ2n) is 2.05. The van der Waals surface area contributed by atoms with Gasteiger partial charge in [-0.1, -0.05) is 0 Å². The third-order valence-corrected chi connectivity index (χ3v) is 1.05. The van der Waals surface area contributed by atoms with Crippen LogP contribution < -0.4 is 0 Å². The standard InChI is InChI=1S/C5H6F6O/c1-12-5(10,11)3(6)2-4(7,8)9/h3H,2H2,1H3. The van der Waals surface area contributed by atoms with Crippen molar-refractivity contribution in [1.29, 1.82) is 0 Å². The second kappa shape index (κ2) is 3.51. The molecule has 1 atom stereocenters. The van der Waals surface area contributed by atoms with Crippen molar-refractivity contribution in [3.8, 4) is 0 Å². The van der Waals surface area contributed by atoms with Crippen molar-refractivity contribution in [1.82, 2.24) is 0 Å². The van der Waals surface area contributed by atoms with E-state index < -0.39 is 24.9 Å². The van der Waals surface area contributed by atoms with Crippen LogP contribution in [-0.2, 0) is 4.74 Å². The van der Waals surface area contributed by atoms with Crippen LogP contribution in [0, 0.1) is 0 Å². The van der Waals surface area contributed by atoms with Crippen molar-refractivity contribution in [2.24, 2.45) is 0 Å². The molecule has 12 heavy (non-hydrogen) atoms. The Morgan fingerprint density at radius 3 is 1.83 bits per heavy atom. The molecule has 0 rings (SSSR count). The van der Waals surface area contributed by atoms with Gasteiger partial charge in [-0.05, 0) is 0 Å². The molecule has 0 aliphatic rings. The lowest BCUT2D eigenvalue weighted by molar-refractivity contribution is -0.278. The van der Waals surface area contributed by atoms with E-state index >= 15 is 0 Å². The van der Waals surface area contributed by atoms with Gasteiger partial charge in [0.15, 0.2) is 6.17 Å². The minimum Gasteiger partial charge on any atom is -0.322 e. The van der Waals surface area contributed by atoms with E-state index in [-0.39, 0.29) is 0 Å². The SMILES string of the molecule is COC(F)(F)C(F)CC(F)(F)F. The van der Waals surface area contributed by atoms with Crippen molar-refractivity contribution < 1.29 is 31.1 Å². The van der Waals surface area contributed by atoms with Crippen LogP contribution in [0.1, 0.15) is 6.42 Å². The molecule has 74 valence electrons. The third kappa shape index (κ3) is 3.80.